The van der Waals surface area contributed by atoms with Crippen molar-refractivity contribution in [2.45, 2.75) is 20.8 Å². The third-order valence-corrected chi connectivity index (χ3v) is 6.27. The van der Waals surface area contributed by atoms with E-state index >= 15 is 0 Å². The topological polar surface area (TPSA) is 99.2 Å². The van der Waals surface area contributed by atoms with Crippen molar-refractivity contribution >= 4 is 23.8 Å². The maximum Gasteiger partial charge on any atom is 0.338 e. The summed E-state index contributed by atoms with van der Waals surface area (Å²) in [5, 5.41) is 0. The minimum atomic E-state index is -0.544. The molecular weight excluding hydrogens is 546 g/mol. The highest BCUT2D eigenvalue weighted by atomic mass is 16.5. The lowest BCUT2D eigenvalue weighted by Crippen LogP contribution is -2.37. The minimum Gasteiger partial charge on any atom is -0.460 e. The standard InChI is InChI=1S/C35H35NO7/c1-23(2)33(38)41-21-19-36(20-22-42-34(39)24(3)4)32(37)30-13-11-28(12-14-30)26-7-9-27(10-8-26)29-15-17-31(18-16-29)43-35(40)25(5)6/h7-18H,1,3,5,19-22H2,2,4,6H3. The monoisotopic (exact) mass is 581 g/mol. The van der Waals surface area contributed by atoms with Gasteiger partial charge in [0.05, 0.1) is 13.1 Å². The predicted octanol–water partition coefficient (Wildman–Crippen LogP) is 6.18. The van der Waals surface area contributed by atoms with Gasteiger partial charge in [-0.3, -0.25) is 4.79 Å². The van der Waals surface area contributed by atoms with Crippen molar-refractivity contribution in [1.82, 2.24) is 4.90 Å². The summed E-state index contributed by atoms with van der Waals surface area (Å²) in [5.41, 5.74) is 5.12. The van der Waals surface area contributed by atoms with Crippen LogP contribution in [0.3, 0.4) is 0 Å². The number of hydrogen-bond donors (Lipinski definition) is 0. The fourth-order valence-corrected chi connectivity index (χ4v) is 3.81. The van der Waals surface area contributed by atoms with E-state index in [4.69, 9.17) is 14.2 Å². The summed E-state index contributed by atoms with van der Waals surface area (Å²) < 4.78 is 15.6. The zero-order valence-corrected chi connectivity index (χ0v) is 24.7. The third kappa shape index (κ3) is 9.39. The molecule has 0 saturated heterocycles. The minimum absolute atomic E-state index is 0.0291. The quantitative estimate of drug-likeness (QED) is 0.135. The van der Waals surface area contributed by atoms with Gasteiger partial charge in [-0.1, -0.05) is 68.3 Å². The summed E-state index contributed by atoms with van der Waals surface area (Å²) in [4.78, 5) is 50.0. The molecule has 0 aliphatic rings. The Morgan fingerprint density at radius 3 is 1.28 bits per heavy atom. The van der Waals surface area contributed by atoms with Crippen molar-refractivity contribution in [3.8, 4) is 28.0 Å². The molecule has 222 valence electrons. The summed E-state index contributed by atoms with van der Waals surface area (Å²) in [6.07, 6.45) is 0. The van der Waals surface area contributed by atoms with Crippen LogP contribution in [0.25, 0.3) is 22.3 Å². The molecule has 0 atom stereocenters. The first-order valence-electron chi connectivity index (χ1n) is 13.6. The Balaban J connectivity index is 1.68. The number of hydrogen-bond acceptors (Lipinski definition) is 7. The second kappa shape index (κ2) is 15.1. The van der Waals surface area contributed by atoms with Gasteiger partial charge in [0.2, 0.25) is 0 Å². The molecule has 3 aromatic carbocycles. The van der Waals surface area contributed by atoms with Crippen molar-refractivity contribution in [3.63, 3.8) is 0 Å². The van der Waals surface area contributed by atoms with Gasteiger partial charge in [-0.15, -0.1) is 0 Å². The van der Waals surface area contributed by atoms with Crippen molar-refractivity contribution in [2.24, 2.45) is 0 Å². The van der Waals surface area contributed by atoms with E-state index in [0.29, 0.717) is 16.9 Å². The average molecular weight is 582 g/mol. The summed E-state index contributed by atoms with van der Waals surface area (Å²) in [5.74, 6) is -1.40. The van der Waals surface area contributed by atoms with Crippen LogP contribution in [0.2, 0.25) is 0 Å². The smallest absolute Gasteiger partial charge is 0.338 e. The Kier molecular flexibility index (Phi) is 11.3. The number of carbonyl (C=O) groups is 4. The maximum absolute atomic E-state index is 13.3. The van der Waals surface area contributed by atoms with E-state index in [1.807, 2.05) is 48.5 Å². The first-order valence-corrected chi connectivity index (χ1v) is 13.6. The van der Waals surface area contributed by atoms with Crippen LogP contribution in [-0.4, -0.2) is 55.0 Å². The molecule has 0 heterocycles. The van der Waals surface area contributed by atoms with Gasteiger partial charge in [-0.05, 0) is 67.3 Å². The van der Waals surface area contributed by atoms with E-state index in [1.165, 1.54) is 4.90 Å². The largest absolute Gasteiger partial charge is 0.460 e. The van der Waals surface area contributed by atoms with E-state index in [0.717, 1.165) is 22.3 Å². The van der Waals surface area contributed by atoms with Gasteiger partial charge in [0.15, 0.2) is 0 Å². The van der Waals surface area contributed by atoms with Crippen molar-refractivity contribution < 1.29 is 33.4 Å². The molecule has 0 unspecified atom stereocenters. The van der Waals surface area contributed by atoms with Crippen LogP contribution in [0.15, 0.2) is 109 Å². The molecule has 0 fully saturated rings. The van der Waals surface area contributed by atoms with Crippen molar-refractivity contribution in [1.29, 1.82) is 0 Å². The van der Waals surface area contributed by atoms with Gasteiger partial charge in [0, 0.05) is 22.3 Å². The van der Waals surface area contributed by atoms with Gasteiger partial charge in [-0.2, -0.15) is 0 Å². The third-order valence-electron chi connectivity index (χ3n) is 6.27. The molecule has 3 rings (SSSR count). The highest BCUT2D eigenvalue weighted by Crippen LogP contribution is 2.27. The molecule has 0 radical (unpaired) electrons. The zero-order valence-electron chi connectivity index (χ0n) is 24.7. The molecule has 1 amide bonds. The van der Waals surface area contributed by atoms with E-state index in [9.17, 15) is 19.2 Å². The van der Waals surface area contributed by atoms with E-state index < -0.39 is 17.9 Å². The molecular formula is C35H35NO7. The Morgan fingerprint density at radius 1 is 0.558 bits per heavy atom. The second-order valence-corrected chi connectivity index (χ2v) is 9.97. The summed E-state index contributed by atoms with van der Waals surface area (Å²) in [6, 6.07) is 22.3. The van der Waals surface area contributed by atoms with Crippen LogP contribution < -0.4 is 4.74 Å². The molecule has 0 bridgehead atoms. The van der Waals surface area contributed by atoms with Gasteiger partial charge >= 0.3 is 17.9 Å². The van der Waals surface area contributed by atoms with Crippen molar-refractivity contribution in [2.75, 3.05) is 26.3 Å². The Morgan fingerprint density at radius 2 is 0.907 bits per heavy atom. The molecule has 8 heteroatoms. The first kappa shape index (κ1) is 32.3. The number of ether oxygens (including phenoxy) is 3. The van der Waals surface area contributed by atoms with Crippen molar-refractivity contribution in [3.05, 3.63) is 115 Å². The van der Waals surface area contributed by atoms with E-state index in [-0.39, 0.29) is 43.4 Å². The molecule has 0 spiro atoms. The molecule has 8 nitrogen and oxygen atoms in total. The highest BCUT2D eigenvalue weighted by Gasteiger charge is 2.18. The number of rotatable bonds is 13. The van der Waals surface area contributed by atoms with Gasteiger partial charge in [0.25, 0.3) is 5.91 Å². The van der Waals surface area contributed by atoms with Gasteiger partial charge < -0.3 is 19.1 Å². The van der Waals surface area contributed by atoms with Crippen LogP contribution in [-0.2, 0) is 23.9 Å². The SMILES string of the molecule is C=C(C)C(=O)OCCN(CCOC(=O)C(=C)C)C(=O)c1ccc(-c2ccc(-c3ccc(OC(=O)C(=C)C)cc3)cc2)cc1. The normalized spacial score (nSPS) is 10.3. The molecule has 3 aromatic rings. The average Bonchev–Trinajstić information content (AvgIpc) is 3.00. The lowest BCUT2D eigenvalue weighted by Gasteiger charge is -2.23. The molecule has 0 aliphatic heterocycles. The van der Waals surface area contributed by atoms with E-state index in [2.05, 4.69) is 19.7 Å². The van der Waals surface area contributed by atoms with Gasteiger partial charge in [0.1, 0.15) is 19.0 Å². The Labute approximate surface area is 251 Å². The van der Waals surface area contributed by atoms with Crippen LogP contribution in [0.4, 0.5) is 0 Å². The number of benzene rings is 3. The Bertz CT molecular complexity index is 1490. The number of esters is 3. The van der Waals surface area contributed by atoms with E-state index in [1.54, 1.807) is 45.0 Å². The number of amides is 1. The fraction of sp³-hybridized carbons (Fsp3) is 0.200. The summed E-state index contributed by atoms with van der Waals surface area (Å²) in [7, 11) is 0. The molecule has 0 saturated carbocycles. The molecule has 0 aromatic heterocycles. The van der Waals surface area contributed by atoms with Crippen LogP contribution >= 0.6 is 0 Å². The summed E-state index contributed by atoms with van der Waals surface area (Å²) >= 11 is 0. The zero-order chi connectivity index (χ0) is 31.5. The van der Waals surface area contributed by atoms with Crippen LogP contribution in [0, 0.1) is 0 Å². The highest BCUT2D eigenvalue weighted by molar-refractivity contribution is 5.95. The molecule has 0 aliphatic carbocycles. The lowest BCUT2D eigenvalue weighted by molar-refractivity contribution is -0.139. The molecule has 0 N–H and O–H groups in total. The fourth-order valence-electron chi connectivity index (χ4n) is 3.81. The Hall–Kier alpha value is -5.24. The van der Waals surface area contributed by atoms with Crippen LogP contribution in [0.1, 0.15) is 31.1 Å². The molecule has 43 heavy (non-hydrogen) atoms. The number of nitrogens with zero attached hydrogens (tertiary/aromatic N) is 1. The lowest BCUT2D eigenvalue weighted by atomic mass is 9.99. The first-order chi connectivity index (χ1) is 20.5. The maximum atomic E-state index is 13.3. The second-order valence-electron chi connectivity index (χ2n) is 9.97. The number of carbonyl (C=O) groups excluding carboxylic acids is 4. The van der Waals surface area contributed by atoms with Gasteiger partial charge in [-0.25, -0.2) is 14.4 Å². The summed E-state index contributed by atoms with van der Waals surface area (Å²) in [6.45, 7) is 15.5. The van der Waals surface area contributed by atoms with Crippen LogP contribution in [0.5, 0.6) is 5.75 Å². The predicted molar refractivity (Wildman–Crippen MR) is 165 cm³/mol.